The number of carbonyl (C=O) groups excluding carboxylic acids is 2. The molecule has 23 heavy (non-hydrogen) atoms. The third-order valence-electron chi connectivity index (χ3n) is 3.85. The minimum absolute atomic E-state index is 0.0347. The van der Waals surface area contributed by atoms with Crippen molar-refractivity contribution in [2.45, 2.75) is 12.5 Å². The number of carbonyl (C=O) groups is 2. The van der Waals surface area contributed by atoms with Gasteiger partial charge in [-0.25, -0.2) is 4.68 Å². The van der Waals surface area contributed by atoms with Gasteiger partial charge in [-0.15, -0.1) is 0 Å². The lowest BCUT2D eigenvalue weighted by Gasteiger charge is -2.22. The summed E-state index contributed by atoms with van der Waals surface area (Å²) >= 11 is 0. The van der Waals surface area contributed by atoms with Crippen LogP contribution in [-0.4, -0.2) is 26.6 Å². The minimum atomic E-state index is -0.708. The Labute approximate surface area is 131 Å². The molecule has 0 saturated heterocycles. The van der Waals surface area contributed by atoms with Crippen molar-refractivity contribution in [3.8, 4) is 0 Å². The molecule has 2 N–H and O–H groups in total. The summed E-state index contributed by atoms with van der Waals surface area (Å²) < 4.78 is 1.43. The van der Waals surface area contributed by atoms with E-state index >= 15 is 0 Å². The van der Waals surface area contributed by atoms with E-state index in [9.17, 15) is 9.59 Å². The van der Waals surface area contributed by atoms with Crippen LogP contribution in [0.5, 0.6) is 0 Å². The van der Waals surface area contributed by atoms with Crippen LogP contribution in [0.2, 0.25) is 0 Å². The highest BCUT2D eigenvalue weighted by Crippen LogP contribution is 2.26. The number of nitrogens with zero attached hydrogens (tertiary/aromatic N) is 3. The molecule has 1 aromatic heterocycles. The predicted molar refractivity (Wildman–Crippen MR) is 84.9 cm³/mol. The molecular weight excluding hydrogens is 294 g/mol. The first-order valence-electron chi connectivity index (χ1n) is 7.20. The first kappa shape index (κ1) is 13.4. The second kappa shape index (κ2) is 5.20. The topological polar surface area (TPSA) is 88.9 Å². The Bertz CT molecular complexity index is 912. The second-order valence-electron chi connectivity index (χ2n) is 5.31. The van der Waals surface area contributed by atoms with Crippen LogP contribution in [0.25, 0.3) is 10.8 Å². The summed E-state index contributed by atoms with van der Waals surface area (Å²) in [4.78, 5) is 28.3. The molecule has 7 heteroatoms. The zero-order chi connectivity index (χ0) is 15.8. The molecule has 1 aliphatic heterocycles. The van der Waals surface area contributed by atoms with Crippen LogP contribution in [0.15, 0.2) is 48.8 Å². The smallest absolute Gasteiger partial charge is 0.249 e. The quantitative estimate of drug-likeness (QED) is 0.757. The van der Waals surface area contributed by atoms with Crippen LogP contribution >= 0.6 is 0 Å². The van der Waals surface area contributed by atoms with Gasteiger partial charge < -0.3 is 5.32 Å². The summed E-state index contributed by atoms with van der Waals surface area (Å²) in [6.45, 7) is 0. The van der Waals surface area contributed by atoms with Gasteiger partial charge in [0.25, 0.3) is 0 Å². The Kier molecular flexibility index (Phi) is 3.04. The molecule has 0 saturated carbocycles. The summed E-state index contributed by atoms with van der Waals surface area (Å²) in [6, 6.07) is 12.8. The van der Waals surface area contributed by atoms with Gasteiger partial charge in [0.15, 0.2) is 0 Å². The van der Waals surface area contributed by atoms with E-state index in [4.69, 9.17) is 0 Å². The average Bonchev–Trinajstić information content (AvgIpc) is 3.02. The lowest BCUT2D eigenvalue weighted by Crippen LogP contribution is -2.36. The molecule has 3 aromatic rings. The Morgan fingerprint density at radius 1 is 1.22 bits per heavy atom. The number of nitrogens with one attached hydrogen (secondary N) is 2. The summed E-state index contributed by atoms with van der Waals surface area (Å²) in [5, 5.41) is 11.5. The maximum atomic E-state index is 12.6. The molecule has 0 bridgehead atoms. The standard InChI is InChI=1S/C16H13N5O2/c22-14-8-13(21-16(20-14)17-9-18-21)15(23)19-12-7-3-5-10-4-1-2-6-11(10)12/h1-7,9,13H,8H2,(H,19,23)(H,17,18,20,22)/t13-/m1/s1. The highest BCUT2D eigenvalue weighted by Gasteiger charge is 2.32. The van der Waals surface area contributed by atoms with Crippen molar-refractivity contribution in [2.75, 3.05) is 10.6 Å². The number of benzene rings is 2. The monoisotopic (exact) mass is 307 g/mol. The zero-order valence-electron chi connectivity index (χ0n) is 12.1. The lowest BCUT2D eigenvalue weighted by molar-refractivity contribution is -0.125. The number of amides is 2. The van der Waals surface area contributed by atoms with Crippen LogP contribution in [0.1, 0.15) is 12.5 Å². The number of anilines is 2. The van der Waals surface area contributed by atoms with E-state index in [-0.39, 0.29) is 18.2 Å². The van der Waals surface area contributed by atoms with Gasteiger partial charge in [0.1, 0.15) is 12.4 Å². The van der Waals surface area contributed by atoms with Crippen LogP contribution < -0.4 is 10.6 Å². The van der Waals surface area contributed by atoms with Crippen molar-refractivity contribution < 1.29 is 9.59 Å². The second-order valence-corrected chi connectivity index (χ2v) is 5.31. The molecule has 2 amide bonds. The van der Waals surface area contributed by atoms with E-state index < -0.39 is 6.04 Å². The largest absolute Gasteiger partial charge is 0.324 e. The van der Waals surface area contributed by atoms with Gasteiger partial charge in [-0.3, -0.25) is 14.9 Å². The third-order valence-corrected chi connectivity index (χ3v) is 3.85. The highest BCUT2D eigenvalue weighted by atomic mass is 16.2. The Balaban J connectivity index is 1.67. The normalized spacial score (nSPS) is 16.7. The van der Waals surface area contributed by atoms with Gasteiger partial charge in [0.2, 0.25) is 17.8 Å². The lowest BCUT2D eigenvalue weighted by atomic mass is 10.1. The van der Waals surface area contributed by atoms with Crippen LogP contribution in [0.4, 0.5) is 11.6 Å². The molecule has 114 valence electrons. The van der Waals surface area contributed by atoms with Crippen molar-refractivity contribution in [2.24, 2.45) is 0 Å². The Morgan fingerprint density at radius 2 is 2.04 bits per heavy atom. The molecule has 2 aromatic carbocycles. The van der Waals surface area contributed by atoms with Crippen LogP contribution in [0, 0.1) is 0 Å². The van der Waals surface area contributed by atoms with Crippen molar-refractivity contribution >= 4 is 34.2 Å². The summed E-state index contributed by atoms with van der Waals surface area (Å²) in [7, 11) is 0. The van der Waals surface area contributed by atoms with Crippen LogP contribution in [0.3, 0.4) is 0 Å². The molecular formula is C16H13N5O2. The average molecular weight is 307 g/mol. The Hall–Kier alpha value is -3.22. The zero-order valence-corrected chi connectivity index (χ0v) is 12.1. The fraction of sp³-hybridized carbons (Fsp3) is 0.125. The fourth-order valence-electron chi connectivity index (χ4n) is 2.76. The molecule has 7 nitrogen and oxygen atoms in total. The number of rotatable bonds is 2. The summed E-state index contributed by atoms with van der Waals surface area (Å²) in [5.41, 5.74) is 0.709. The Morgan fingerprint density at radius 3 is 2.96 bits per heavy atom. The molecule has 1 atom stereocenters. The molecule has 0 fully saturated rings. The highest BCUT2D eigenvalue weighted by molar-refractivity contribution is 6.05. The van der Waals surface area contributed by atoms with Crippen LogP contribution in [-0.2, 0) is 9.59 Å². The molecule has 4 rings (SSSR count). The number of fused-ring (bicyclic) bond motifs is 2. The van der Waals surface area contributed by atoms with Crippen molar-refractivity contribution in [3.63, 3.8) is 0 Å². The maximum absolute atomic E-state index is 12.6. The van der Waals surface area contributed by atoms with E-state index in [1.54, 1.807) is 0 Å². The van der Waals surface area contributed by atoms with E-state index in [2.05, 4.69) is 20.7 Å². The van der Waals surface area contributed by atoms with E-state index in [0.717, 1.165) is 10.8 Å². The predicted octanol–water partition coefficient (Wildman–Crippen LogP) is 1.95. The number of hydrogen-bond donors (Lipinski definition) is 2. The van der Waals surface area contributed by atoms with Crippen molar-refractivity contribution in [1.29, 1.82) is 0 Å². The first-order chi connectivity index (χ1) is 11.2. The van der Waals surface area contributed by atoms with E-state index in [1.807, 2.05) is 42.5 Å². The summed E-state index contributed by atoms with van der Waals surface area (Å²) in [5.74, 6) is -0.245. The molecule has 2 heterocycles. The minimum Gasteiger partial charge on any atom is -0.324 e. The van der Waals surface area contributed by atoms with E-state index in [0.29, 0.717) is 11.6 Å². The first-order valence-corrected chi connectivity index (χ1v) is 7.20. The number of hydrogen-bond acceptors (Lipinski definition) is 4. The summed E-state index contributed by atoms with van der Waals surface area (Å²) in [6.07, 6.45) is 1.35. The van der Waals surface area contributed by atoms with Crippen molar-refractivity contribution in [3.05, 3.63) is 48.8 Å². The van der Waals surface area contributed by atoms with Gasteiger partial charge in [0, 0.05) is 11.1 Å². The van der Waals surface area contributed by atoms with Gasteiger partial charge in [-0.1, -0.05) is 36.4 Å². The maximum Gasteiger partial charge on any atom is 0.249 e. The third kappa shape index (κ3) is 2.32. The van der Waals surface area contributed by atoms with Gasteiger partial charge >= 0.3 is 0 Å². The molecule has 0 aliphatic carbocycles. The molecule has 0 unspecified atom stereocenters. The molecule has 1 aliphatic rings. The van der Waals surface area contributed by atoms with Gasteiger partial charge in [-0.2, -0.15) is 10.1 Å². The molecule has 0 spiro atoms. The van der Waals surface area contributed by atoms with Crippen molar-refractivity contribution in [1.82, 2.24) is 14.8 Å². The SMILES string of the molecule is O=C1C[C@H](C(=O)Nc2cccc3ccccc23)n2ncnc2N1. The number of aromatic nitrogens is 3. The molecule has 0 radical (unpaired) electrons. The van der Waals surface area contributed by atoms with Gasteiger partial charge in [-0.05, 0) is 11.5 Å². The van der Waals surface area contributed by atoms with E-state index in [1.165, 1.54) is 11.0 Å². The van der Waals surface area contributed by atoms with Gasteiger partial charge in [0.05, 0.1) is 6.42 Å². The fourth-order valence-corrected chi connectivity index (χ4v) is 2.76.